The van der Waals surface area contributed by atoms with E-state index in [0.717, 1.165) is 18.5 Å². The van der Waals surface area contributed by atoms with Crippen molar-refractivity contribution in [2.75, 3.05) is 0 Å². The summed E-state index contributed by atoms with van der Waals surface area (Å²) in [6, 6.07) is 6.02. The lowest BCUT2D eigenvalue weighted by Gasteiger charge is -2.05. The molecule has 1 aliphatic rings. The third-order valence-corrected chi connectivity index (χ3v) is 2.68. The predicted molar refractivity (Wildman–Crippen MR) is 67.6 cm³/mol. The van der Waals surface area contributed by atoms with Crippen LogP contribution in [0.2, 0.25) is 0 Å². The number of aromatic nitrogens is 1. The Balaban J connectivity index is 1.82. The number of nitrogens with zero attached hydrogens (tertiary/aromatic N) is 1. The average Bonchev–Trinajstić information content (AvgIpc) is 2.83. The quantitative estimate of drug-likeness (QED) is 0.739. The molecule has 1 heteroatoms. The SMILES string of the molecule is C/C(=C\CC[C]1[CH][CH][CH][CH]1)c1ccccn1. The molecule has 1 aliphatic carbocycles. The lowest BCUT2D eigenvalue weighted by molar-refractivity contribution is 0.910. The van der Waals surface area contributed by atoms with Gasteiger partial charge in [-0.15, -0.1) is 0 Å². The fraction of sp³-hybridized carbons (Fsp3) is 0.200. The average molecular weight is 210 g/mol. The van der Waals surface area contributed by atoms with Gasteiger partial charge in [0.25, 0.3) is 0 Å². The van der Waals surface area contributed by atoms with Crippen LogP contribution in [0, 0.1) is 31.6 Å². The summed E-state index contributed by atoms with van der Waals surface area (Å²) in [7, 11) is 0. The highest BCUT2D eigenvalue weighted by Crippen LogP contribution is 2.27. The number of hydrogen-bond acceptors (Lipinski definition) is 1. The molecule has 0 spiro atoms. The van der Waals surface area contributed by atoms with E-state index in [-0.39, 0.29) is 0 Å². The maximum Gasteiger partial charge on any atom is 0.0655 e. The first kappa shape index (κ1) is 11.4. The molecule has 0 saturated heterocycles. The van der Waals surface area contributed by atoms with Crippen LogP contribution in [0.4, 0.5) is 0 Å². The minimum Gasteiger partial charge on any atom is -0.257 e. The molecule has 1 nitrogen and oxygen atoms in total. The molecule has 1 saturated carbocycles. The summed E-state index contributed by atoms with van der Waals surface area (Å²) >= 11 is 0. The van der Waals surface area contributed by atoms with Crippen LogP contribution >= 0.6 is 0 Å². The largest absolute Gasteiger partial charge is 0.257 e. The first-order valence-electron chi connectivity index (χ1n) is 5.65. The summed E-state index contributed by atoms with van der Waals surface area (Å²) in [5.74, 6) is 1.41. The molecular weight excluding hydrogens is 194 g/mol. The highest BCUT2D eigenvalue weighted by molar-refractivity contribution is 5.60. The van der Waals surface area contributed by atoms with Crippen LogP contribution in [0.15, 0.2) is 30.5 Å². The van der Waals surface area contributed by atoms with E-state index in [1.54, 1.807) is 0 Å². The molecule has 81 valence electrons. The highest BCUT2D eigenvalue weighted by Gasteiger charge is 2.15. The van der Waals surface area contributed by atoms with Crippen molar-refractivity contribution < 1.29 is 0 Å². The molecule has 0 bridgehead atoms. The van der Waals surface area contributed by atoms with Gasteiger partial charge in [-0.3, -0.25) is 4.98 Å². The predicted octanol–water partition coefficient (Wildman–Crippen LogP) is 3.67. The number of pyridine rings is 1. The van der Waals surface area contributed by atoms with E-state index in [0.29, 0.717) is 0 Å². The van der Waals surface area contributed by atoms with E-state index in [2.05, 4.69) is 43.7 Å². The Morgan fingerprint density at radius 1 is 1.25 bits per heavy atom. The Morgan fingerprint density at radius 3 is 2.75 bits per heavy atom. The van der Waals surface area contributed by atoms with Crippen molar-refractivity contribution in [1.29, 1.82) is 0 Å². The maximum absolute atomic E-state index is 4.33. The number of hydrogen-bond donors (Lipinski definition) is 0. The van der Waals surface area contributed by atoms with E-state index in [9.17, 15) is 0 Å². The summed E-state index contributed by atoms with van der Waals surface area (Å²) in [4.78, 5) is 4.33. The lowest BCUT2D eigenvalue weighted by atomic mass is 10.0. The summed E-state index contributed by atoms with van der Waals surface area (Å²) in [6.45, 7) is 2.12. The molecule has 5 radical (unpaired) electrons. The second-order valence-electron chi connectivity index (χ2n) is 3.93. The van der Waals surface area contributed by atoms with Crippen LogP contribution in [0.5, 0.6) is 0 Å². The Morgan fingerprint density at radius 2 is 2.06 bits per heavy atom. The van der Waals surface area contributed by atoms with E-state index >= 15 is 0 Å². The summed E-state index contributed by atoms with van der Waals surface area (Å²) < 4.78 is 0. The zero-order valence-corrected chi connectivity index (χ0v) is 9.56. The molecule has 0 atom stereocenters. The van der Waals surface area contributed by atoms with Gasteiger partial charge in [0.1, 0.15) is 0 Å². The minimum atomic E-state index is 1.07. The lowest BCUT2D eigenvalue weighted by Crippen LogP contribution is -1.90. The number of allylic oxidation sites excluding steroid dienone is 2. The van der Waals surface area contributed by atoms with Crippen molar-refractivity contribution in [3.63, 3.8) is 0 Å². The Labute approximate surface area is 98.6 Å². The zero-order valence-electron chi connectivity index (χ0n) is 9.56. The van der Waals surface area contributed by atoms with Crippen LogP contribution in [0.25, 0.3) is 5.57 Å². The second-order valence-corrected chi connectivity index (χ2v) is 3.93. The van der Waals surface area contributed by atoms with Crippen molar-refractivity contribution in [3.05, 3.63) is 67.8 Å². The van der Waals surface area contributed by atoms with Gasteiger partial charge >= 0.3 is 0 Å². The minimum absolute atomic E-state index is 1.07. The van der Waals surface area contributed by atoms with E-state index in [1.807, 2.05) is 24.4 Å². The van der Waals surface area contributed by atoms with Crippen molar-refractivity contribution >= 4 is 5.57 Å². The first-order chi connectivity index (χ1) is 7.86. The summed E-state index contributed by atoms with van der Waals surface area (Å²) in [5, 5.41) is 0. The van der Waals surface area contributed by atoms with Crippen LogP contribution in [0.1, 0.15) is 25.5 Å². The molecule has 0 unspecified atom stereocenters. The Kier molecular flexibility index (Phi) is 4.15. The molecule has 0 N–H and O–H groups in total. The molecule has 0 amide bonds. The normalized spacial score (nSPS) is 17.9. The zero-order chi connectivity index (χ0) is 11.2. The Bertz CT molecular complexity index is 334. The smallest absolute Gasteiger partial charge is 0.0655 e. The van der Waals surface area contributed by atoms with Crippen molar-refractivity contribution in [1.82, 2.24) is 4.98 Å². The van der Waals surface area contributed by atoms with Gasteiger partial charge in [0, 0.05) is 6.20 Å². The second kappa shape index (κ2) is 5.83. The van der Waals surface area contributed by atoms with Crippen LogP contribution in [-0.4, -0.2) is 4.98 Å². The van der Waals surface area contributed by atoms with Gasteiger partial charge in [0.15, 0.2) is 0 Å². The standard InChI is InChI=1S/C15H16N/c1-13(15-11-4-5-12-16-15)7-6-10-14-8-2-3-9-14/h2-5,7-9,11-12H,6,10H2,1H3/b13-7+. The third kappa shape index (κ3) is 3.19. The maximum atomic E-state index is 4.33. The van der Waals surface area contributed by atoms with Crippen LogP contribution in [-0.2, 0) is 0 Å². The molecule has 16 heavy (non-hydrogen) atoms. The Hall–Kier alpha value is -1.11. The molecule has 2 rings (SSSR count). The van der Waals surface area contributed by atoms with E-state index in [4.69, 9.17) is 0 Å². The molecule has 1 aromatic heterocycles. The van der Waals surface area contributed by atoms with Crippen molar-refractivity contribution in [3.8, 4) is 0 Å². The molecule has 1 aromatic rings. The third-order valence-electron chi connectivity index (χ3n) is 2.68. The van der Waals surface area contributed by atoms with Gasteiger partial charge in [-0.1, -0.05) is 12.1 Å². The van der Waals surface area contributed by atoms with Gasteiger partial charge in [-0.2, -0.15) is 0 Å². The van der Waals surface area contributed by atoms with Gasteiger partial charge in [0.05, 0.1) is 5.69 Å². The van der Waals surface area contributed by atoms with E-state index in [1.165, 1.54) is 11.5 Å². The van der Waals surface area contributed by atoms with Gasteiger partial charge in [-0.25, -0.2) is 0 Å². The topological polar surface area (TPSA) is 12.9 Å². The van der Waals surface area contributed by atoms with Crippen LogP contribution < -0.4 is 0 Å². The fourth-order valence-electron chi connectivity index (χ4n) is 1.74. The van der Waals surface area contributed by atoms with Crippen LogP contribution in [0.3, 0.4) is 0 Å². The summed E-state index contributed by atoms with van der Waals surface area (Å²) in [5.41, 5.74) is 2.33. The molecular formula is C15H16N. The monoisotopic (exact) mass is 210 g/mol. The molecule has 1 fully saturated rings. The van der Waals surface area contributed by atoms with Gasteiger partial charge < -0.3 is 0 Å². The van der Waals surface area contributed by atoms with Gasteiger partial charge in [-0.05, 0) is 69.1 Å². The van der Waals surface area contributed by atoms with Crippen molar-refractivity contribution in [2.45, 2.75) is 19.8 Å². The highest BCUT2D eigenvalue weighted by atomic mass is 14.7. The molecule has 0 aliphatic heterocycles. The fourth-order valence-corrected chi connectivity index (χ4v) is 1.74. The van der Waals surface area contributed by atoms with E-state index < -0.39 is 0 Å². The van der Waals surface area contributed by atoms with Gasteiger partial charge in [0.2, 0.25) is 0 Å². The first-order valence-corrected chi connectivity index (χ1v) is 5.65. The van der Waals surface area contributed by atoms with Crippen molar-refractivity contribution in [2.24, 2.45) is 0 Å². The summed E-state index contributed by atoms with van der Waals surface area (Å²) in [6.07, 6.45) is 14.8. The molecule has 1 heterocycles. The number of rotatable bonds is 4. The molecule has 0 aromatic carbocycles.